The summed E-state index contributed by atoms with van der Waals surface area (Å²) in [6.07, 6.45) is -4.71. The maximum Gasteiger partial charge on any atom is 0.449 e. The van der Waals surface area contributed by atoms with E-state index in [4.69, 9.17) is 11.6 Å². The van der Waals surface area contributed by atoms with Gasteiger partial charge < -0.3 is 4.98 Å². The molecule has 0 aliphatic carbocycles. The van der Waals surface area contributed by atoms with Crippen LogP contribution < -0.4 is 0 Å². The number of aromatic amines is 1. The topological polar surface area (TPSA) is 71.8 Å². The Bertz CT molecular complexity index is 608. The van der Waals surface area contributed by atoms with Crippen LogP contribution in [0.2, 0.25) is 5.02 Å². The van der Waals surface area contributed by atoms with Crippen LogP contribution in [0, 0.1) is 10.1 Å². The first-order chi connectivity index (χ1) is 7.80. The van der Waals surface area contributed by atoms with Crippen molar-refractivity contribution in [1.29, 1.82) is 0 Å². The molecule has 0 saturated carbocycles. The number of benzene rings is 1. The number of hydrogen-bond donors (Lipinski definition) is 1. The minimum absolute atomic E-state index is 0.0615. The van der Waals surface area contributed by atoms with E-state index in [9.17, 15) is 23.3 Å². The van der Waals surface area contributed by atoms with Gasteiger partial charge in [-0.3, -0.25) is 10.1 Å². The van der Waals surface area contributed by atoms with Gasteiger partial charge in [0.15, 0.2) is 5.52 Å². The zero-order chi connectivity index (χ0) is 12.8. The van der Waals surface area contributed by atoms with Gasteiger partial charge in [-0.1, -0.05) is 11.6 Å². The number of nitro benzene ring substituents is 1. The third kappa shape index (κ3) is 1.91. The summed E-state index contributed by atoms with van der Waals surface area (Å²) in [5.41, 5.74) is -1.14. The van der Waals surface area contributed by atoms with Gasteiger partial charge in [-0.25, -0.2) is 4.98 Å². The van der Waals surface area contributed by atoms with Crippen molar-refractivity contribution in [2.75, 3.05) is 0 Å². The summed E-state index contributed by atoms with van der Waals surface area (Å²) in [5.74, 6) is -1.32. The first-order valence-corrected chi connectivity index (χ1v) is 4.58. The molecule has 1 aromatic heterocycles. The Morgan fingerprint density at radius 1 is 1.41 bits per heavy atom. The maximum atomic E-state index is 12.4. The van der Waals surface area contributed by atoms with Crippen LogP contribution in [-0.4, -0.2) is 14.9 Å². The number of imidazole rings is 1. The summed E-state index contributed by atoms with van der Waals surface area (Å²) in [5, 5.41) is 10.6. The zero-order valence-corrected chi connectivity index (χ0v) is 8.63. The highest BCUT2D eigenvalue weighted by Crippen LogP contribution is 2.34. The van der Waals surface area contributed by atoms with Crippen molar-refractivity contribution in [2.45, 2.75) is 6.18 Å². The minimum atomic E-state index is -4.71. The van der Waals surface area contributed by atoms with Gasteiger partial charge in [-0.05, 0) is 6.07 Å². The van der Waals surface area contributed by atoms with E-state index in [0.29, 0.717) is 0 Å². The number of aromatic nitrogens is 2. The van der Waals surface area contributed by atoms with E-state index >= 15 is 0 Å². The third-order valence-corrected chi connectivity index (χ3v) is 2.35. The first kappa shape index (κ1) is 11.6. The number of nitrogens with zero attached hydrogens (tertiary/aromatic N) is 2. The molecule has 1 N–H and O–H groups in total. The molecule has 17 heavy (non-hydrogen) atoms. The average Bonchev–Trinajstić information content (AvgIpc) is 2.62. The highest BCUT2D eigenvalue weighted by Gasteiger charge is 2.36. The monoisotopic (exact) mass is 265 g/mol. The van der Waals surface area contributed by atoms with Crippen LogP contribution in [0.4, 0.5) is 18.9 Å². The fraction of sp³-hybridized carbons (Fsp3) is 0.125. The van der Waals surface area contributed by atoms with Gasteiger partial charge in [-0.15, -0.1) is 0 Å². The number of nitro groups is 1. The lowest BCUT2D eigenvalue weighted by Crippen LogP contribution is -2.06. The fourth-order valence-corrected chi connectivity index (χ4v) is 1.53. The fourth-order valence-electron chi connectivity index (χ4n) is 1.33. The van der Waals surface area contributed by atoms with Crippen LogP contribution >= 0.6 is 11.6 Å². The Kier molecular flexibility index (Phi) is 2.46. The summed E-state index contributed by atoms with van der Waals surface area (Å²) < 4.78 is 37.2. The van der Waals surface area contributed by atoms with Crippen LogP contribution in [0.15, 0.2) is 12.1 Å². The Balaban J connectivity index is 2.79. The van der Waals surface area contributed by atoms with Crippen molar-refractivity contribution in [1.82, 2.24) is 9.97 Å². The molecule has 1 heterocycles. The second-order valence-electron chi connectivity index (χ2n) is 3.13. The predicted octanol–water partition coefficient (Wildman–Crippen LogP) is 3.14. The van der Waals surface area contributed by atoms with Gasteiger partial charge in [0.05, 0.1) is 15.5 Å². The van der Waals surface area contributed by atoms with Crippen LogP contribution in [0.5, 0.6) is 0 Å². The zero-order valence-electron chi connectivity index (χ0n) is 7.88. The SMILES string of the molecule is O=[N+]([O-])c1ccc(Cl)c2[nH]c(C(F)(F)F)nc12. The third-order valence-electron chi connectivity index (χ3n) is 2.04. The molecular formula is C8H3ClF3N3O2. The Labute approximate surface area is 96.4 Å². The summed E-state index contributed by atoms with van der Waals surface area (Å²) in [6.45, 7) is 0. The molecule has 2 rings (SSSR count). The highest BCUT2D eigenvalue weighted by molar-refractivity contribution is 6.35. The second-order valence-corrected chi connectivity index (χ2v) is 3.54. The summed E-state index contributed by atoms with van der Waals surface area (Å²) in [4.78, 5) is 14.9. The molecular weight excluding hydrogens is 263 g/mol. The first-order valence-electron chi connectivity index (χ1n) is 4.20. The van der Waals surface area contributed by atoms with E-state index in [-0.39, 0.29) is 10.5 Å². The number of alkyl halides is 3. The molecule has 0 bridgehead atoms. The van der Waals surface area contributed by atoms with Gasteiger partial charge in [0.2, 0.25) is 5.82 Å². The molecule has 0 saturated heterocycles. The summed E-state index contributed by atoms with van der Waals surface area (Å²) in [6, 6.07) is 2.14. The van der Waals surface area contributed by atoms with Crippen molar-refractivity contribution in [3.8, 4) is 0 Å². The van der Waals surface area contributed by atoms with Gasteiger partial charge in [0, 0.05) is 6.07 Å². The smallest absolute Gasteiger partial charge is 0.333 e. The number of H-pyrrole nitrogens is 1. The molecule has 0 fully saturated rings. The van der Waals surface area contributed by atoms with E-state index in [0.717, 1.165) is 12.1 Å². The summed E-state index contributed by atoms with van der Waals surface area (Å²) in [7, 11) is 0. The maximum absolute atomic E-state index is 12.4. The molecule has 0 atom stereocenters. The molecule has 0 radical (unpaired) electrons. The van der Waals surface area contributed by atoms with Gasteiger partial charge >= 0.3 is 6.18 Å². The van der Waals surface area contributed by atoms with Crippen molar-refractivity contribution in [3.05, 3.63) is 33.1 Å². The van der Waals surface area contributed by atoms with E-state index in [2.05, 4.69) is 4.98 Å². The lowest BCUT2D eigenvalue weighted by atomic mass is 10.3. The number of halogens is 4. The van der Waals surface area contributed by atoms with Crippen molar-refractivity contribution >= 4 is 28.3 Å². The van der Waals surface area contributed by atoms with E-state index < -0.39 is 28.1 Å². The Morgan fingerprint density at radius 3 is 2.59 bits per heavy atom. The van der Waals surface area contributed by atoms with Crippen molar-refractivity contribution < 1.29 is 18.1 Å². The molecule has 0 aliphatic heterocycles. The minimum Gasteiger partial charge on any atom is -0.333 e. The van der Waals surface area contributed by atoms with E-state index in [1.54, 1.807) is 0 Å². The molecule has 0 spiro atoms. The predicted molar refractivity (Wildman–Crippen MR) is 52.8 cm³/mol. The molecule has 0 aliphatic rings. The molecule has 5 nitrogen and oxygen atoms in total. The van der Waals surface area contributed by atoms with Crippen molar-refractivity contribution in [2.24, 2.45) is 0 Å². The Hall–Kier alpha value is -1.83. The van der Waals surface area contributed by atoms with Gasteiger partial charge in [0.25, 0.3) is 5.69 Å². The molecule has 1 aromatic carbocycles. The number of rotatable bonds is 1. The van der Waals surface area contributed by atoms with E-state index in [1.807, 2.05) is 4.98 Å². The number of hydrogen-bond acceptors (Lipinski definition) is 3. The van der Waals surface area contributed by atoms with Gasteiger partial charge in [0.1, 0.15) is 0 Å². The lowest BCUT2D eigenvalue weighted by Gasteiger charge is -1.99. The Morgan fingerprint density at radius 2 is 2.06 bits per heavy atom. The second kappa shape index (κ2) is 3.59. The number of nitrogens with one attached hydrogen (secondary N) is 1. The van der Waals surface area contributed by atoms with Crippen molar-refractivity contribution in [3.63, 3.8) is 0 Å². The number of fused-ring (bicyclic) bond motifs is 1. The van der Waals surface area contributed by atoms with E-state index in [1.165, 1.54) is 0 Å². The molecule has 90 valence electrons. The van der Waals surface area contributed by atoms with Crippen LogP contribution in [0.25, 0.3) is 11.0 Å². The molecule has 0 amide bonds. The van der Waals surface area contributed by atoms with Crippen LogP contribution in [-0.2, 0) is 6.18 Å². The molecule has 9 heteroatoms. The summed E-state index contributed by atoms with van der Waals surface area (Å²) >= 11 is 5.64. The van der Waals surface area contributed by atoms with Crippen LogP contribution in [0.1, 0.15) is 5.82 Å². The quantitative estimate of drug-likeness (QED) is 0.636. The largest absolute Gasteiger partial charge is 0.449 e. The normalized spacial score (nSPS) is 12.0. The lowest BCUT2D eigenvalue weighted by molar-refractivity contribution is -0.383. The molecule has 2 aromatic rings. The number of non-ortho nitro benzene ring substituents is 1. The average molecular weight is 266 g/mol. The standard InChI is InChI=1S/C8H3ClF3N3O2/c9-3-1-2-4(15(16)17)6-5(3)13-7(14-6)8(10,11)12/h1-2H,(H,13,14). The highest BCUT2D eigenvalue weighted by atomic mass is 35.5. The van der Waals surface area contributed by atoms with Gasteiger partial charge in [-0.2, -0.15) is 13.2 Å². The van der Waals surface area contributed by atoms with Crippen LogP contribution in [0.3, 0.4) is 0 Å². The molecule has 0 unspecified atom stereocenters.